The summed E-state index contributed by atoms with van der Waals surface area (Å²) in [5.74, 6) is 0.338. The van der Waals surface area contributed by atoms with Gasteiger partial charge in [0, 0.05) is 7.05 Å². The maximum atomic E-state index is 11.7. The number of likely N-dealkylation sites (N-methyl/N-ethyl adjacent to an activating group) is 1. The number of hydrogen-bond donors (Lipinski definition) is 0. The molecule has 1 aromatic carbocycles. The zero-order valence-electron chi connectivity index (χ0n) is 8.25. The average molecular weight is 246 g/mol. The molecule has 1 atom stereocenters. The molecule has 2 rings (SSSR count). The van der Waals surface area contributed by atoms with Gasteiger partial charge in [0.25, 0.3) is 5.91 Å². The molecule has 0 saturated heterocycles. The van der Waals surface area contributed by atoms with Crippen LogP contribution in [0.15, 0.2) is 12.1 Å². The molecule has 0 aromatic heterocycles. The lowest BCUT2D eigenvalue weighted by atomic mass is 10.2. The minimum atomic E-state index is -0.529. The largest absolute Gasteiger partial charge is 0.477 e. The van der Waals surface area contributed by atoms with E-state index in [9.17, 15) is 4.79 Å². The normalized spacial score (nSPS) is 19.9. The van der Waals surface area contributed by atoms with E-state index in [1.807, 2.05) is 0 Å². The van der Waals surface area contributed by atoms with Crippen LogP contribution in [-0.2, 0) is 4.79 Å². The molecule has 1 unspecified atom stereocenters. The summed E-state index contributed by atoms with van der Waals surface area (Å²) < 4.78 is 5.42. The first-order chi connectivity index (χ1) is 7.02. The van der Waals surface area contributed by atoms with E-state index in [1.165, 1.54) is 4.90 Å². The second-order valence-electron chi connectivity index (χ2n) is 3.36. The molecule has 3 nitrogen and oxygen atoms in total. The number of anilines is 1. The standard InChI is InChI=1S/C10H9Cl2NO2/c1-5-10(14)13(2)8-6(11)3-4-7(12)9(8)15-5/h3-5H,1-2H3. The molecule has 0 fully saturated rings. The molecule has 1 aromatic rings. The Hall–Kier alpha value is -0.930. The fourth-order valence-electron chi connectivity index (χ4n) is 1.56. The third-order valence-corrected chi connectivity index (χ3v) is 2.95. The molecule has 0 aliphatic carbocycles. The first-order valence-corrected chi connectivity index (χ1v) is 5.20. The Balaban J connectivity index is 2.64. The van der Waals surface area contributed by atoms with Crippen molar-refractivity contribution in [2.24, 2.45) is 0 Å². The highest BCUT2D eigenvalue weighted by Crippen LogP contribution is 2.43. The third-order valence-electron chi connectivity index (χ3n) is 2.34. The van der Waals surface area contributed by atoms with Crippen molar-refractivity contribution in [3.05, 3.63) is 22.2 Å². The van der Waals surface area contributed by atoms with Gasteiger partial charge in [-0.05, 0) is 19.1 Å². The monoisotopic (exact) mass is 245 g/mol. The highest BCUT2D eigenvalue weighted by atomic mass is 35.5. The fourth-order valence-corrected chi connectivity index (χ4v) is 2.03. The Morgan fingerprint density at radius 1 is 1.33 bits per heavy atom. The van der Waals surface area contributed by atoms with Gasteiger partial charge in [0.1, 0.15) is 5.69 Å². The van der Waals surface area contributed by atoms with E-state index in [0.717, 1.165) is 0 Å². The molecule has 0 N–H and O–H groups in total. The lowest BCUT2D eigenvalue weighted by molar-refractivity contribution is -0.125. The Kier molecular flexibility index (Phi) is 2.52. The maximum absolute atomic E-state index is 11.7. The summed E-state index contributed by atoms with van der Waals surface area (Å²) in [4.78, 5) is 13.1. The van der Waals surface area contributed by atoms with Crippen LogP contribution in [0.1, 0.15) is 6.92 Å². The first-order valence-electron chi connectivity index (χ1n) is 4.44. The van der Waals surface area contributed by atoms with Crippen molar-refractivity contribution in [1.82, 2.24) is 0 Å². The zero-order valence-corrected chi connectivity index (χ0v) is 9.76. The van der Waals surface area contributed by atoms with Crippen LogP contribution in [0, 0.1) is 0 Å². The van der Waals surface area contributed by atoms with E-state index in [-0.39, 0.29) is 5.91 Å². The van der Waals surface area contributed by atoms with E-state index in [4.69, 9.17) is 27.9 Å². The zero-order chi connectivity index (χ0) is 11.2. The Bertz CT molecular complexity index is 434. The molecular formula is C10H9Cl2NO2. The van der Waals surface area contributed by atoms with Gasteiger partial charge in [0.2, 0.25) is 0 Å². The molecule has 80 valence electrons. The topological polar surface area (TPSA) is 29.5 Å². The second-order valence-corrected chi connectivity index (χ2v) is 4.18. The number of halogens is 2. The van der Waals surface area contributed by atoms with E-state index in [2.05, 4.69) is 0 Å². The van der Waals surface area contributed by atoms with Gasteiger partial charge in [0.15, 0.2) is 11.9 Å². The minimum absolute atomic E-state index is 0.133. The van der Waals surface area contributed by atoms with Crippen molar-refractivity contribution in [2.45, 2.75) is 13.0 Å². The molecular weight excluding hydrogens is 237 g/mol. The summed E-state index contributed by atoms with van der Waals surface area (Å²) in [7, 11) is 1.66. The maximum Gasteiger partial charge on any atom is 0.267 e. The van der Waals surface area contributed by atoms with Crippen LogP contribution in [0.2, 0.25) is 10.0 Å². The summed E-state index contributed by atoms with van der Waals surface area (Å²) in [6.07, 6.45) is -0.529. The van der Waals surface area contributed by atoms with Gasteiger partial charge >= 0.3 is 0 Å². The lowest BCUT2D eigenvalue weighted by Crippen LogP contribution is -2.42. The van der Waals surface area contributed by atoms with Crippen LogP contribution in [0.25, 0.3) is 0 Å². The average Bonchev–Trinajstić information content (AvgIpc) is 2.20. The lowest BCUT2D eigenvalue weighted by Gasteiger charge is -2.31. The molecule has 1 heterocycles. The van der Waals surface area contributed by atoms with E-state index < -0.39 is 6.10 Å². The van der Waals surface area contributed by atoms with Crippen molar-refractivity contribution in [2.75, 3.05) is 11.9 Å². The number of amides is 1. The van der Waals surface area contributed by atoms with Gasteiger partial charge < -0.3 is 9.64 Å². The summed E-state index contributed by atoms with van der Waals surface area (Å²) in [6, 6.07) is 3.30. The quantitative estimate of drug-likeness (QED) is 0.704. The number of benzene rings is 1. The van der Waals surface area contributed by atoms with Crippen LogP contribution in [0.3, 0.4) is 0 Å². The Morgan fingerprint density at radius 3 is 2.60 bits per heavy atom. The molecule has 1 aliphatic heterocycles. The van der Waals surface area contributed by atoms with Crippen molar-refractivity contribution >= 4 is 34.8 Å². The number of ether oxygens (including phenoxy) is 1. The summed E-state index contributed by atoms with van der Waals surface area (Å²) >= 11 is 12.0. The second kappa shape index (κ2) is 3.58. The SMILES string of the molecule is CC1Oc2c(Cl)ccc(Cl)c2N(C)C1=O. The van der Waals surface area contributed by atoms with Crippen LogP contribution in [0.4, 0.5) is 5.69 Å². The van der Waals surface area contributed by atoms with Gasteiger partial charge in [-0.25, -0.2) is 0 Å². The number of carbonyl (C=O) groups is 1. The Labute approximate surface area is 97.5 Å². The number of rotatable bonds is 0. The van der Waals surface area contributed by atoms with Crippen molar-refractivity contribution in [1.29, 1.82) is 0 Å². The predicted molar refractivity (Wildman–Crippen MR) is 60.0 cm³/mol. The molecule has 0 spiro atoms. The van der Waals surface area contributed by atoms with Crippen molar-refractivity contribution < 1.29 is 9.53 Å². The molecule has 1 aliphatic rings. The minimum Gasteiger partial charge on any atom is -0.477 e. The highest BCUT2D eigenvalue weighted by Gasteiger charge is 2.32. The van der Waals surface area contributed by atoms with Crippen LogP contribution >= 0.6 is 23.2 Å². The van der Waals surface area contributed by atoms with Crippen LogP contribution < -0.4 is 9.64 Å². The van der Waals surface area contributed by atoms with Crippen LogP contribution in [0.5, 0.6) is 5.75 Å². The highest BCUT2D eigenvalue weighted by molar-refractivity contribution is 6.37. The molecule has 1 amide bonds. The predicted octanol–water partition coefficient (Wildman–Crippen LogP) is 2.74. The number of hydrogen-bond acceptors (Lipinski definition) is 2. The van der Waals surface area contributed by atoms with Gasteiger partial charge in [-0.15, -0.1) is 0 Å². The van der Waals surface area contributed by atoms with E-state index in [1.54, 1.807) is 26.1 Å². The third kappa shape index (κ3) is 1.56. The van der Waals surface area contributed by atoms with Crippen LogP contribution in [-0.4, -0.2) is 19.1 Å². The number of nitrogens with zero attached hydrogens (tertiary/aromatic N) is 1. The Morgan fingerprint density at radius 2 is 1.93 bits per heavy atom. The molecule has 5 heteroatoms. The molecule has 0 saturated carbocycles. The van der Waals surface area contributed by atoms with E-state index >= 15 is 0 Å². The molecule has 0 bridgehead atoms. The summed E-state index contributed by atoms with van der Waals surface area (Å²) in [5, 5.41) is 0.915. The molecule has 15 heavy (non-hydrogen) atoms. The summed E-state index contributed by atoms with van der Waals surface area (Å²) in [5.41, 5.74) is 0.535. The van der Waals surface area contributed by atoms with Gasteiger partial charge in [-0.2, -0.15) is 0 Å². The first kappa shape index (κ1) is 10.6. The van der Waals surface area contributed by atoms with Gasteiger partial charge in [-0.1, -0.05) is 23.2 Å². The van der Waals surface area contributed by atoms with E-state index in [0.29, 0.717) is 21.5 Å². The number of carbonyl (C=O) groups excluding carboxylic acids is 1. The van der Waals surface area contributed by atoms with Crippen molar-refractivity contribution in [3.8, 4) is 5.75 Å². The summed E-state index contributed by atoms with van der Waals surface area (Å²) in [6.45, 7) is 1.68. The van der Waals surface area contributed by atoms with Gasteiger partial charge in [0.05, 0.1) is 10.0 Å². The molecule has 0 radical (unpaired) electrons. The van der Waals surface area contributed by atoms with Crippen molar-refractivity contribution in [3.63, 3.8) is 0 Å². The fraction of sp³-hybridized carbons (Fsp3) is 0.300. The smallest absolute Gasteiger partial charge is 0.267 e. The number of fused-ring (bicyclic) bond motifs is 1. The van der Waals surface area contributed by atoms with Gasteiger partial charge in [-0.3, -0.25) is 4.79 Å².